The molecule has 2 N–H and O–H groups in total. The number of aryl methyl sites for hydroxylation is 1. The topological polar surface area (TPSA) is 68.2 Å². The predicted molar refractivity (Wildman–Crippen MR) is 161 cm³/mol. The first kappa shape index (κ1) is 29.2. The summed E-state index contributed by atoms with van der Waals surface area (Å²) in [5.41, 5.74) is 3.68. The molecule has 1 atom stereocenters. The van der Waals surface area contributed by atoms with E-state index in [1.165, 1.54) is 24.9 Å². The highest BCUT2D eigenvalue weighted by molar-refractivity contribution is 6.35. The summed E-state index contributed by atoms with van der Waals surface area (Å²) in [4.78, 5) is 15.0. The Bertz CT molecular complexity index is 1230. The average molecular weight is 566 g/mol. The number of allylic oxidation sites excluding steroid dienone is 2. The summed E-state index contributed by atoms with van der Waals surface area (Å²) in [6.07, 6.45) is 11.0. The van der Waals surface area contributed by atoms with Crippen molar-refractivity contribution in [3.8, 4) is 17.2 Å². The first-order valence-corrected chi connectivity index (χ1v) is 14.7. The second-order valence-corrected chi connectivity index (χ2v) is 12.0. The standard InChI is InChI=1S/C32H38Cl2N4O/c1-32(20-29(33)19-30(34)21-32)37-31(39)36-15-2-3-16-38(23-25-9-10-25)17-5-7-24-11-13-27(14-12-24)28-8-4-6-26(18-28)22-35/h4,6,8,11-14,18-20,25H,2-3,5,7,9-10,15-17,21,23H2,1H3,(H2,36,37,39). The predicted octanol–water partition coefficient (Wildman–Crippen LogP) is 7.36. The molecule has 39 heavy (non-hydrogen) atoms. The quantitative estimate of drug-likeness (QED) is 0.250. The smallest absolute Gasteiger partial charge is 0.315 e. The second kappa shape index (κ2) is 14.0. The molecule has 2 aliphatic rings. The molecule has 0 radical (unpaired) electrons. The Morgan fingerprint density at radius 1 is 1.08 bits per heavy atom. The fourth-order valence-electron chi connectivity index (χ4n) is 5.09. The zero-order valence-corrected chi connectivity index (χ0v) is 24.2. The highest BCUT2D eigenvalue weighted by Crippen LogP contribution is 2.31. The van der Waals surface area contributed by atoms with Gasteiger partial charge in [-0.3, -0.25) is 0 Å². The first-order valence-electron chi connectivity index (χ1n) is 13.9. The van der Waals surface area contributed by atoms with Crippen molar-refractivity contribution in [2.45, 2.75) is 57.4 Å². The number of carbonyl (C=O) groups excluding carboxylic acids is 1. The lowest BCUT2D eigenvalue weighted by atomic mass is 9.93. The molecule has 0 heterocycles. The van der Waals surface area contributed by atoms with Crippen LogP contribution in [-0.4, -0.2) is 42.6 Å². The van der Waals surface area contributed by atoms with E-state index in [0.717, 1.165) is 55.8 Å². The molecule has 0 bridgehead atoms. The Morgan fingerprint density at radius 2 is 1.85 bits per heavy atom. The summed E-state index contributed by atoms with van der Waals surface area (Å²) in [7, 11) is 0. The lowest BCUT2D eigenvalue weighted by molar-refractivity contribution is 0.231. The van der Waals surface area contributed by atoms with Crippen LogP contribution in [0.5, 0.6) is 0 Å². The number of halogens is 2. The van der Waals surface area contributed by atoms with Gasteiger partial charge in [0.05, 0.1) is 17.2 Å². The van der Waals surface area contributed by atoms with E-state index in [0.29, 0.717) is 28.6 Å². The van der Waals surface area contributed by atoms with Crippen molar-refractivity contribution in [3.05, 3.63) is 81.9 Å². The number of unbranched alkanes of at least 4 members (excludes halogenated alkanes) is 1. The van der Waals surface area contributed by atoms with Crippen LogP contribution in [0.2, 0.25) is 0 Å². The Hall–Kier alpha value is -2.78. The van der Waals surface area contributed by atoms with Crippen molar-refractivity contribution in [2.24, 2.45) is 5.92 Å². The molecule has 2 aromatic carbocycles. The van der Waals surface area contributed by atoms with Crippen LogP contribution in [0.25, 0.3) is 11.1 Å². The van der Waals surface area contributed by atoms with Crippen molar-refractivity contribution in [1.82, 2.24) is 15.5 Å². The van der Waals surface area contributed by atoms with Gasteiger partial charge in [0.15, 0.2) is 0 Å². The van der Waals surface area contributed by atoms with Crippen LogP contribution in [0.4, 0.5) is 4.79 Å². The highest BCUT2D eigenvalue weighted by atomic mass is 35.5. The number of nitriles is 1. The van der Waals surface area contributed by atoms with E-state index in [1.54, 1.807) is 6.08 Å². The molecule has 4 rings (SSSR count). The average Bonchev–Trinajstić information content (AvgIpc) is 3.71. The maximum absolute atomic E-state index is 12.4. The maximum Gasteiger partial charge on any atom is 0.315 e. The van der Waals surface area contributed by atoms with Gasteiger partial charge in [-0.2, -0.15) is 5.26 Å². The molecule has 7 heteroatoms. The molecule has 206 valence electrons. The minimum atomic E-state index is -0.573. The molecule has 1 fully saturated rings. The van der Waals surface area contributed by atoms with Crippen LogP contribution in [-0.2, 0) is 6.42 Å². The highest BCUT2D eigenvalue weighted by Gasteiger charge is 2.28. The van der Waals surface area contributed by atoms with Crippen LogP contribution in [0.1, 0.15) is 56.6 Å². The van der Waals surface area contributed by atoms with Crippen molar-refractivity contribution in [1.29, 1.82) is 5.26 Å². The summed E-state index contributed by atoms with van der Waals surface area (Å²) in [5, 5.41) is 16.3. The summed E-state index contributed by atoms with van der Waals surface area (Å²) >= 11 is 12.3. The molecule has 1 unspecified atom stereocenters. The largest absolute Gasteiger partial charge is 0.338 e. The van der Waals surface area contributed by atoms with E-state index in [-0.39, 0.29) is 6.03 Å². The number of nitrogens with zero attached hydrogens (tertiary/aromatic N) is 2. The third-order valence-corrected chi connectivity index (χ3v) is 7.77. The normalized spacial score (nSPS) is 18.7. The van der Waals surface area contributed by atoms with Crippen molar-refractivity contribution in [2.75, 3.05) is 26.2 Å². The van der Waals surface area contributed by atoms with Gasteiger partial charge in [-0.05, 0) is 105 Å². The van der Waals surface area contributed by atoms with E-state index < -0.39 is 5.54 Å². The summed E-state index contributed by atoms with van der Waals surface area (Å²) < 4.78 is 0. The minimum absolute atomic E-state index is 0.191. The van der Waals surface area contributed by atoms with Gasteiger partial charge in [-0.1, -0.05) is 59.6 Å². The van der Waals surface area contributed by atoms with Gasteiger partial charge >= 0.3 is 6.03 Å². The Morgan fingerprint density at radius 3 is 2.56 bits per heavy atom. The Balaban J connectivity index is 1.15. The molecular weight excluding hydrogens is 527 g/mol. The van der Waals surface area contributed by atoms with Gasteiger partial charge in [-0.25, -0.2) is 4.79 Å². The SMILES string of the molecule is CC1(NC(=O)NCCCCN(CCCc2ccc(-c3cccc(C#N)c3)cc2)CC2CC2)C=C(Cl)C=C(Cl)C1. The fourth-order valence-corrected chi connectivity index (χ4v) is 5.92. The Labute approximate surface area is 242 Å². The Kier molecular flexibility index (Phi) is 10.5. The molecule has 1 saturated carbocycles. The van der Waals surface area contributed by atoms with Crippen LogP contribution >= 0.6 is 23.2 Å². The van der Waals surface area contributed by atoms with E-state index in [1.807, 2.05) is 37.3 Å². The minimum Gasteiger partial charge on any atom is -0.338 e. The number of hydrogen-bond donors (Lipinski definition) is 2. The zero-order valence-electron chi connectivity index (χ0n) is 22.7. The van der Waals surface area contributed by atoms with Gasteiger partial charge in [-0.15, -0.1) is 0 Å². The fraction of sp³-hybridized carbons (Fsp3) is 0.438. The van der Waals surface area contributed by atoms with Gasteiger partial charge in [0.2, 0.25) is 0 Å². The number of nitrogens with one attached hydrogen (secondary N) is 2. The third kappa shape index (κ3) is 9.72. The number of rotatable bonds is 13. The summed E-state index contributed by atoms with van der Waals surface area (Å²) in [5.74, 6) is 0.856. The van der Waals surface area contributed by atoms with Crippen LogP contribution in [0, 0.1) is 17.2 Å². The molecule has 2 amide bonds. The van der Waals surface area contributed by atoms with Crippen molar-refractivity contribution in [3.63, 3.8) is 0 Å². The lowest BCUT2D eigenvalue weighted by Crippen LogP contribution is -2.50. The molecule has 5 nitrogen and oxygen atoms in total. The number of urea groups is 1. The molecular formula is C32H38Cl2N4O. The molecule has 0 saturated heterocycles. The van der Waals surface area contributed by atoms with E-state index in [9.17, 15) is 4.79 Å². The van der Waals surface area contributed by atoms with Gasteiger partial charge in [0, 0.05) is 29.6 Å². The van der Waals surface area contributed by atoms with Crippen LogP contribution < -0.4 is 10.6 Å². The van der Waals surface area contributed by atoms with Crippen molar-refractivity contribution < 1.29 is 4.79 Å². The summed E-state index contributed by atoms with van der Waals surface area (Å²) in [6.45, 7) is 5.90. The monoisotopic (exact) mass is 564 g/mol. The van der Waals surface area contributed by atoms with Crippen molar-refractivity contribution >= 4 is 29.2 Å². The van der Waals surface area contributed by atoms with Crippen LogP contribution in [0.15, 0.2) is 70.7 Å². The molecule has 0 aromatic heterocycles. The molecule has 0 spiro atoms. The van der Waals surface area contributed by atoms with E-state index in [2.05, 4.69) is 45.9 Å². The number of benzene rings is 2. The molecule has 2 aliphatic carbocycles. The first-order chi connectivity index (χ1) is 18.8. The third-order valence-electron chi connectivity index (χ3n) is 7.30. The number of carbonyl (C=O) groups is 1. The number of hydrogen-bond acceptors (Lipinski definition) is 3. The van der Waals surface area contributed by atoms with Gasteiger partial charge < -0.3 is 15.5 Å². The lowest BCUT2D eigenvalue weighted by Gasteiger charge is -2.30. The second-order valence-electron chi connectivity index (χ2n) is 11.0. The van der Waals surface area contributed by atoms with E-state index >= 15 is 0 Å². The maximum atomic E-state index is 12.4. The van der Waals surface area contributed by atoms with Gasteiger partial charge in [0.25, 0.3) is 0 Å². The van der Waals surface area contributed by atoms with Crippen LogP contribution in [0.3, 0.4) is 0 Å². The zero-order chi connectivity index (χ0) is 27.7. The molecule has 0 aliphatic heterocycles. The molecule has 2 aromatic rings. The van der Waals surface area contributed by atoms with E-state index in [4.69, 9.17) is 28.5 Å². The summed E-state index contributed by atoms with van der Waals surface area (Å²) in [6, 6.07) is 18.5. The number of amides is 2. The van der Waals surface area contributed by atoms with Gasteiger partial charge in [0.1, 0.15) is 0 Å².